The summed E-state index contributed by atoms with van der Waals surface area (Å²) in [5.74, 6) is -0.446. The van der Waals surface area contributed by atoms with Gasteiger partial charge in [-0.15, -0.1) is 0 Å². The fraction of sp³-hybridized carbons (Fsp3) is 0. The first-order valence-corrected chi connectivity index (χ1v) is 8.62. The van der Waals surface area contributed by atoms with E-state index in [0.717, 1.165) is 22.8 Å². The Hall–Kier alpha value is -2.35. The number of hydrogen-bond acceptors (Lipinski definition) is 5. The highest BCUT2D eigenvalue weighted by molar-refractivity contribution is 8.18. The molecule has 124 valence electrons. The molecule has 4 rings (SSSR count). The number of nitrogens with zero attached hydrogens (tertiary/aromatic N) is 3. The third-order valence-electron chi connectivity index (χ3n) is 3.57. The van der Waals surface area contributed by atoms with E-state index in [9.17, 15) is 9.59 Å². The van der Waals surface area contributed by atoms with Crippen molar-refractivity contribution in [3.63, 3.8) is 0 Å². The van der Waals surface area contributed by atoms with Gasteiger partial charge in [0.25, 0.3) is 11.1 Å². The number of carbonyl (C=O) groups is 2. The first-order chi connectivity index (χ1) is 12.0. The number of imide groups is 1. The van der Waals surface area contributed by atoms with Crippen molar-refractivity contribution >= 4 is 63.1 Å². The molecule has 3 aromatic rings. The van der Waals surface area contributed by atoms with E-state index in [2.05, 4.69) is 15.3 Å². The van der Waals surface area contributed by atoms with Gasteiger partial charge in [0, 0.05) is 17.8 Å². The topological polar surface area (TPSA) is 76.9 Å². The normalized spacial score (nSPS) is 16.0. The fourth-order valence-electron chi connectivity index (χ4n) is 2.48. The summed E-state index contributed by atoms with van der Waals surface area (Å²) in [7, 11) is 0. The van der Waals surface area contributed by atoms with Gasteiger partial charge in [-0.25, -0.2) is 9.97 Å². The van der Waals surface area contributed by atoms with Crippen molar-refractivity contribution in [1.82, 2.24) is 19.9 Å². The lowest BCUT2D eigenvalue weighted by molar-refractivity contribution is -0.115. The van der Waals surface area contributed by atoms with Gasteiger partial charge in [0.15, 0.2) is 0 Å². The summed E-state index contributed by atoms with van der Waals surface area (Å²) in [5, 5.41) is 3.29. The Balaban J connectivity index is 1.97. The lowest BCUT2D eigenvalue weighted by Crippen LogP contribution is -2.17. The third kappa shape index (κ3) is 2.90. The first kappa shape index (κ1) is 16.1. The summed E-state index contributed by atoms with van der Waals surface area (Å²) >= 11 is 13.3. The van der Waals surface area contributed by atoms with Crippen molar-refractivity contribution in [3.05, 3.63) is 57.6 Å². The molecule has 1 aliphatic heterocycles. The maximum atomic E-state index is 11.8. The number of hydrogen-bond donors (Lipinski definition) is 1. The van der Waals surface area contributed by atoms with E-state index in [-0.39, 0.29) is 4.91 Å². The molecule has 2 aromatic heterocycles. The molecule has 0 spiro atoms. The minimum atomic E-state index is -0.446. The van der Waals surface area contributed by atoms with Gasteiger partial charge in [0.2, 0.25) is 0 Å². The first-order valence-electron chi connectivity index (χ1n) is 7.05. The van der Waals surface area contributed by atoms with Crippen LogP contribution in [0.3, 0.4) is 0 Å². The SMILES string of the molecule is O=C1NC(=O)/C(=C\c2cc(-n3ccnc3)c3ccc(Cl)c(Cl)c3n2)S1. The van der Waals surface area contributed by atoms with Crippen LogP contribution in [-0.4, -0.2) is 25.7 Å². The highest BCUT2D eigenvalue weighted by Gasteiger charge is 2.25. The molecule has 0 aliphatic carbocycles. The Morgan fingerprint density at radius 2 is 2.08 bits per heavy atom. The molecule has 1 N–H and O–H groups in total. The molecule has 0 saturated carbocycles. The molecule has 1 aromatic carbocycles. The number of nitrogens with one attached hydrogen (secondary N) is 1. The highest BCUT2D eigenvalue weighted by Crippen LogP contribution is 2.34. The zero-order chi connectivity index (χ0) is 17.6. The van der Waals surface area contributed by atoms with Crippen LogP contribution in [0, 0.1) is 0 Å². The van der Waals surface area contributed by atoms with E-state index < -0.39 is 11.1 Å². The maximum Gasteiger partial charge on any atom is 0.290 e. The Kier molecular flexibility index (Phi) is 3.99. The Labute approximate surface area is 155 Å². The predicted molar refractivity (Wildman–Crippen MR) is 98.0 cm³/mol. The molecular formula is C16H8Cl2N4O2S. The standard InChI is InChI=1S/C16H8Cl2N4O2S/c17-10-2-1-9-11(22-4-3-19-7-22)5-8(20-14(9)13(10)18)6-12-15(23)21-16(24)25-12/h1-7H,(H,21,23,24)/b12-6+. The van der Waals surface area contributed by atoms with Gasteiger partial charge in [-0.05, 0) is 36.0 Å². The van der Waals surface area contributed by atoms with Crippen LogP contribution in [0.25, 0.3) is 22.7 Å². The number of benzene rings is 1. The van der Waals surface area contributed by atoms with Gasteiger partial charge < -0.3 is 4.57 Å². The summed E-state index contributed by atoms with van der Waals surface area (Å²) in [6.45, 7) is 0. The summed E-state index contributed by atoms with van der Waals surface area (Å²) in [6.07, 6.45) is 6.63. The van der Waals surface area contributed by atoms with Gasteiger partial charge >= 0.3 is 0 Å². The lowest BCUT2D eigenvalue weighted by Gasteiger charge is -2.11. The molecule has 2 amide bonds. The molecular weight excluding hydrogens is 383 g/mol. The quantitative estimate of drug-likeness (QED) is 0.667. The van der Waals surface area contributed by atoms with E-state index in [4.69, 9.17) is 23.2 Å². The number of carbonyl (C=O) groups excluding carboxylic acids is 2. The predicted octanol–water partition coefficient (Wildman–Crippen LogP) is 4.05. The number of amides is 2. The number of imidazole rings is 1. The van der Waals surface area contributed by atoms with Gasteiger partial charge in [0.1, 0.15) is 0 Å². The van der Waals surface area contributed by atoms with Gasteiger partial charge in [-0.3, -0.25) is 14.9 Å². The molecule has 1 fully saturated rings. The van der Waals surface area contributed by atoms with Crippen LogP contribution in [0.5, 0.6) is 0 Å². The van der Waals surface area contributed by atoms with E-state index in [0.29, 0.717) is 21.3 Å². The summed E-state index contributed by atoms with van der Waals surface area (Å²) in [4.78, 5) is 31.9. The van der Waals surface area contributed by atoms with E-state index >= 15 is 0 Å². The van der Waals surface area contributed by atoms with Crippen molar-refractivity contribution in [2.75, 3.05) is 0 Å². The van der Waals surface area contributed by atoms with E-state index in [1.54, 1.807) is 36.9 Å². The Morgan fingerprint density at radius 3 is 2.76 bits per heavy atom. The van der Waals surface area contributed by atoms with Gasteiger partial charge in [0.05, 0.1) is 38.2 Å². The fourth-order valence-corrected chi connectivity index (χ4v) is 3.51. The molecule has 3 heterocycles. The molecule has 1 aliphatic rings. The van der Waals surface area contributed by atoms with Crippen LogP contribution in [-0.2, 0) is 4.79 Å². The second kappa shape index (κ2) is 6.18. The number of aromatic nitrogens is 3. The van der Waals surface area contributed by atoms with Crippen molar-refractivity contribution in [3.8, 4) is 5.69 Å². The number of rotatable bonds is 2. The average Bonchev–Trinajstić information content (AvgIpc) is 3.21. The van der Waals surface area contributed by atoms with Crippen LogP contribution in [0.1, 0.15) is 5.69 Å². The maximum absolute atomic E-state index is 11.8. The molecule has 9 heteroatoms. The Bertz CT molecular complexity index is 1060. The van der Waals surface area contributed by atoms with Crippen molar-refractivity contribution in [1.29, 1.82) is 0 Å². The number of fused-ring (bicyclic) bond motifs is 1. The minimum absolute atomic E-state index is 0.270. The smallest absolute Gasteiger partial charge is 0.290 e. The molecule has 0 radical (unpaired) electrons. The monoisotopic (exact) mass is 390 g/mol. The minimum Gasteiger partial charge on any atom is -0.306 e. The lowest BCUT2D eigenvalue weighted by atomic mass is 10.1. The van der Waals surface area contributed by atoms with Crippen LogP contribution < -0.4 is 5.32 Å². The Morgan fingerprint density at radius 1 is 1.24 bits per heavy atom. The van der Waals surface area contributed by atoms with Crippen LogP contribution in [0.4, 0.5) is 4.79 Å². The number of pyridine rings is 1. The van der Waals surface area contributed by atoms with Crippen molar-refractivity contribution in [2.24, 2.45) is 0 Å². The summed E-state index contributed by atoms with van der Waals surface area (Å²) < 4.78 is 1.81. The summed E-state index contributed by atoms with van der Waals surface area (Å²) in [6, 6.07) is 5.31. The van der Waals surface area contributed by atoms with Crippen molar-refractivity contribution < 1.29 is 9.59 Å². The molecule has 0 atom stereocenters. The zero-order valence-electron chi connectivity index (χ0n) is 12.4. The van der Waals surface area contributed by atoms with Crippen molar-refractivity contribution in [2.45, 2.75) is 0 Å². The van der Waals surface area contributed by atoms with Crippen LogP contribution in [0.2, 0.25) is 10.0 Å². The zero-order valence-corrected chi connectivity index (χ0v) is 14.7. The second-order valence-corrected chi connectivity index (χ2v) is 6.95. The summed E-state index contributed by atoms with van der Waals surface area (Å²) in [5.41, 5.74) is 1.76. The largest absolute Gasteiger partial charge is 0.306 e. The molecule has 25 heavy (non-hydrogen) atoms. The molecule has 6 nitrogen and oxygen atoms in total. The second-order valence-electron chi connectivity index (χ2n) is 5.15. The van der Waals surface area contributed by atoms with E-state index in [1.807, 2.05) is 10.6 Å². The molecule has 0 bridgehead atoms. The van der Waals surface area contributed by atoms with Gasteiger partial charge in [-0.2, -0.15) is 0 Å². The molecule has 1 saturated heterocycles. The number of thioether (sulfide) groups is 1. The highest BCUT2D eigenvalue weighted by atomic mass is 35.5. The van der Waals surface area contributed by atoms with Crippen LogP contribution >= 0.6 is 35.0 Å². The number of halogens is 2. The molecule has 0 unspecified atom stereocenters. The average molecular weight is 391 g/mol. The third-order valence-corrected chi connectivity index (χ3v) is 5.18. The van der Waals surface area contributed by atoms with E-state index in [1.165, 1.54) is 0 Å². The van der Waals surface area contributed by atoms with Crippen LogP contribution in [0.15, 0.2) is 41.8 Å². The van der Waals surface area contributed by atoms with Gasteiger partial charge in [-0.1, -0.05) is 23.2 Å².